The first-order valence-corrected chi connectivity index (χ1v) is 7.45. The Morgan fingerprint density at radius 3 is 2.25 bits per heavy atom. The highest BCUT2D eigenvalue weighted by Gasteiger charge is 2.21. The molecule has 1 aliphatic carbocycles. The second-order valence-corrected chi connectivity index (χ2v) is 6.09. The smallest absolute Gasteiger partial charge is 0.0994 e. The molecule has 2 heteroatoms. The first-order chi connectivity index (χ1) is 9.60. The molecule has 0 unspecified atom stereocenters. The third kappa shape index (κ3) is 3.71. The van der Waals surface area contributed by atoms with Gasteiger partial charge in [-0.15, -0.1) is 0 Å². The number of benzene rings is 1. The van der Waals surface area contributed by atoms with Gasteiger partial charge in [0.2, 0.25) is 0 Å². The van der Waals surface area contributed by atoms with Crippen LogP contribution >= 0.6 is 0 Å². The minimum Gasteiger partial charge on any atom is -0.306 e. The SMILES string of the molecule is Cc1ccc(C(C#N)=CC2CCC(N(C)C)CC2)cc1. The van der Waals surface area contributed by atoms with Crippen LogP contribution in [0.5, 0.6) is 0 Å². The van der Waals surface area contributed by atoms with Gasteiger partial charge >= 0.3 is 0 Å². The minimum absolute atomic E-state index is 0.558. The first-order valence-electron chi connectivity index (χ1n) is 7.45. The summed E-state index contributed by atoms with van der Waals surface area (Å²) in [5, 5.41) is 9.39. The van der Waals surface area contributed by atoms with Crippen molar-refractivity contribution >= 4 is 5.57 Å². The zero-order chi connectivity index (χ0) is 14.5. The topological polar surface area (TPSA) is 27.0 Å². The van der Waals surface area contributed by atoms with Crippen LogP contribution in [-0.4, -0.2) is 25.0 Å². The molecule has 0 aromatic heterocycles. The van der Waals surface area contributed by atoms with Gasteiger partial charge in [0.1, 0.15) is 0 Å². The lowest BCUT2D eigenvalue weighted by atomic mass is 9.84. The summed E-state index contributed by atoms with van der Waals surface area (Å²) in [6.45, 7) is 2.07. The van der Waals surface area contributed by atoms with Gasteiger partial charge in [-0.05, 0) is 58.2 Å². The number of hydrogen-bond donors (Lipinski definition) is 0. The van der Waals surface area contributed by atoms with Gasteiger partial charge in [-0.1, -0.05) is 35.9 Å². The van der Waals surface area contributed by atoms with Crippen LogP contribution in [-0.2, 0) is 0 Å². The van der Waals surface area contributed by atoms with Gasteiger partial charge in [-0.2, -0.15) is 5.26 Å². The van der Waals surface area contributed by atoms with Crippen molar-refractivity contribution in [1.29, 1.82) is 5.26 Å². The molecule has 0 bridgehead atoms. The molecular formula is C18H24N2. The van der Waals surface area contributed by atoms with Crippen LogP contribution in [0.15, 0.2) is 30.3 Å². The molecule has 0 radical (unpaired) electrons. The van der Waals surface area contributed by atoms with E-state index in [1.165, 1.54) is 31.2 Å². The Hall–Kier alpha value is -1.59. The largest absolute Gasteiger partial charge is 0.306 e. The fourth-order valence-electron chi connectivity index (χ4n) is 2.95. The maximum atomic E-state index is 9.39. The number of nitrogens with zero attached hydrogens (tertiary/aromatic N) is 2. The lowest BCUT2D eigenvalue weighted by Crippen LogP contribution is -2.31. The average molecular weight is 268 g/mol. The Bertz CT molecular complexity index is 497. The predicted octanol–water partition coefficient (Wildman–Crippen LogP) is 4.02. The fourth-order valence-corrected chi connectivity index (χ4v) is 2.95. The van der Waals surface area contributed by atoms with E-state index in [0.717, 1.165) is 11.1 Å². The van der Waals surface area contributed by atoms with Gasteiger partial charge in [0.15, 0.2) is 0 Å². The zero-order valence-electron chi connectivity index (χ0n) is 12.8. The number of aryl methyl sites for hydroxylation is 1. The summed E-state index contributed by atoms with van der Waals surface area (Å²) in [7, 11) is 4.32. The summed E-state index contributed by atoms with van der Waals surface area (Å²) in [5.74, 6) is 0.558. The van der Waals surface area contributed by atoms with Crippen molar-refractivity contribution in [3.8, 4) is 6.07 Å². The molecule has 0 N–H and O–H groups in total. The number of hydrogen-bond acceptors (Lipinski definition) is 2. The van der Waals surface area contributed by atoms with Gasteiger partial charge in [-0.25, -0.2) is 0 Å². The molecule has 0 heterocycles. The first kappa shape index (κ1) is 14.8. The second kappa shape index (κ2) is 6.72. The number of rotatable bonds is 3. The Morgan fingerprint density at radius 1 is 1.15 bits per heavy atom. The van der Waals surface area contributed by atoms with Crippen LogP contribution in [0.2, 0.25) is 0 Å². The van der Waals surface area contributed by atoms with Gasteiger partial charge in [0.05, 0.1) is 11.6 Å². The van der Waals surface area contributed by atoms with E-state index in [1.807, 2.05) is 0 Å². The number of allylic oxidation sites excluding steroid dienone is 2. The molecule has 0 amide bonds. The van der Waals surface area contributed by atoms with Crippen molar-refractivity contribution in [2.24, 2.45) is 5.92 Å². The van der Waals surface area contributed by atoms with E-state index < -0.39 is 0 Å². The molecule has 0 saturated heterocycles. The maximum absolute atomic E-state index is 9.39. The molecule has 2 rings (SSSR count). The molecule has 106 valence electrons. The second-order valence-electron chi connectivity index (χ2n) is 6.09. The third-order valence-corrected chi connectivity index (χ3v) is 4.36. The standard InChI is InChI=1S/C18H24N2/c1-14-4-8-16(9-5-14)17(13-19)12-15-6-10-18(11-7-15)20(2)3/h4-5,8-9,12,15,18H,6-7,10-11H2,1-3H3. The molecule has 1 aromatic carbocycles. The average Bonchev–Trinajstić information content (AvgIpc) is 2.46. The lowest BCUT2D eigenvalue weighted by Gasteiger charge is -2.31. The molecule has 0 atom stereocenters. The van der Waals surface area contributed by atoms with Crippen molar-refractivity contribution in [1.82, 2.24) is 4.90 Å². The Balaban J connectivity index is 2.06. The normalized spacial score (nSPS) is 23.6. The monoisotopic (exact) mass is 268 g/mol. The Labute approximate surface area is 122 Å². The highest BCUT2D eigenvalue weighted by Crippen LogP contribution is 2.29. The Morgan fingerprint density at radius 2 is 1.75 bits per heavy atom. The minimum atomic E-state index is 0.558. The molecule has 1 aromatic rings. The summed E-state index contributed by atoms with van der Waals surface area (Å²) in [6, 6.07) is 11.3. The van der Waals surface area contributed by atoms with Crippen molar-refractivity contribution in [2.75, 3.05) is 14.1 Å². The molecular weight excluding hydrogens is 244 g/mol. The highest BCUT2D eigenvalue weighted by molar-refractivity contribution is 5.76. The number of nitriles is 1. The van der Waals surface area contributed by atoms with Crippen molar-refractivity contribution in [3.05, 3.63) is 41.5 Å². The molecule has 20 heavy (non-hydrogen) atoms. The van der Waals surface area contributed by atoms with Crippen LogP contribution < -0.4 is 0 Å². The van der Waals surface area contributed by atoms with Crippen molar-refractivity contribution in [2.45, 2.75) is 38.6 Å². The summed E-state index contributed by atoms with van der Waals surface area (Å²) in [6.07, 6.45) is 7.05. The maximum Gasteiger partial charge on any atom is 0.0994 e. The molecule has 2 nitrogen and oxygen atoms in total. The highest BCUT2D eigenvalue weighted by atomic mass is 15.1. The van der Waals surface area contributed by atoms with Gasteiger partial charge in [0.25, 0.3) is 0 Å². The summed E-state index contributed by atoms with van der Waals surface area (Å²) in [4.78, 5) is 2.32. The van der Waals surface area contributed by atoms with Gasteiger partial charge in [0, 0.05) is 6.04 Å². The summed E-state index contributed by atoms with van der Waals surface area (Å²) < 4.78 is 0. The van der Waals surface area contributed by atoms with Crippen molar-refractivity contribution < 1.29 is 0 Å². The van der Waals surface area contributed by atoms with E-state index >= 15 is 0 Å². The van der Waals surface area contributed by atoms with Crippen LogP contribution in [0.4, 0.5) is 0 Å². The predicted molar refractivity (Wildman–Crippen MR) is 84.2 cm³/mol. The van der Waals surface area contributed by atoms with Crippen LogP contribution in [0.1, 0.15) is 36.8 Å². The lowest BCUT2D eigenvalue weighted by molar-refractivity contribution is 0.209. The van der Waals surface area contributed by atoms with E-state index in [0.29, 0.717) is 12.0 Å². The summed E-state index contributed by atoms with van der Waals surface area (Å²) in [5.41, 5.74) is 3.11. The van der Waals surface area contributed by atoms with Crippen LogP contribution in [0, 0.1) is 24.2 Å². The molecule has 0 aliphatic heterocycles. The summed E-state index contributed by atoms with van der Waals surface area (Å²) >= 11 is 0. The van der Waals surface area contributed by atoms with Crippen LogP contribution in [0.3, 0.4) is 0 Å². The molecule has 1 aliphatic rings. The van der Waals surface area contributed by atoms with E-state index in [4.69, 9.17) is 0 Å². The van der Waals surface area contributed by atoms with E-state index in [-0.39, 0.29) is 0 Å². The van der Waals surface area contributed by atoms with E-state index in [9.17, 15) is 5.26 Å². The molecule has 1 fully saturated rings. The third-order valence-electron chi connectivity index (χ3n) is 4.36. The molecule has 1 saturated carbocycles. The van der Waals surface area contributed by atoms with Crippen molar-refractivity contribution in [3.63, 3.8) is 0 Å². The zero-order valence-corrected chi connectivity index (χ0v) is 12.8. The van der Waals surface area contributed by atoms with E-state index in [2.05, 4.69) is 62.3 Å². The van der Waals surface area contributed by atoms with Gasteiger partial charge < -0.3 is 4.90 Å². The van der Waals surface area contributed by atoms with Crippen LogP contribution in [0.25, 0.3) is 5.57 Å². The quantitative estimate of drug-likeness (QED) is 0.774. The van der Waals surface area contributed by atoms with Gasteiger partial charge in [-0.3, -0.25) is 0 Å². The fraction of sp³-hybridized carbons (Fsp3) is 0.500. The Kier molecular flexibility index (Phi) is 4.98. The van der Waals surface area contributed by atoms with E-state index in [1.54, 1.807) is 0 Å². The molecule has 0 spiro atoms.